The maximum atomic E-state index is 13.5. The van der Waals surface area contributed by atoms with Crippen molar-refractivity contribution >= 4 is 17.8 Å². The largest absolute Gasteiger partial charge is 0.346 e. The van der Waals surface area contributed by atoms with Crippen LogP contribution in [0.1, 0.15) is 6.92 Å². The van der Waals surface area contributed by atoms with Gasteiger partial charge in [-0.15, -0.1) is 0 Å². The Labute approximate surface area is 168 Å². The van der Waals surface area contributed by atoms with E-state index < -0.39 is 0 Å². The van der Waals surface area contributed by atoms with Crippen LogP contribution >= 0.6 is 0 Å². The molecule has 0 radical (unpaired) electrons. The number of pyridine rings is 1. The second-order valence-electron chi connectivity index (χ2n) is 6.71. The predicted molar refractivity (Wildman–Crippen MR) is 115 cm³/mol. The molecule has 29 heavy (non-hydrogen) atoms. The lowest BCUT2D eigenvalue weighted by Crippen LogP contribution is -2.01. The summed E-state index contributed by atoms with van der Waals surface area (Å²) in [4.78, 5) is 15.9. The Hall–Kier alpha value is -3.80. The molecule has 0 aliphatic rings. The lowest BCUT2D eigenvalue weighted by molar-refractivity contribution is 0.628. The average molecular weight is 385 g/mol. The zero-order chi connectivity index (χ0) is 20.2. The molecule has 1 aromatic carbocycles. The van der Waals surface area contributed by atoms with E-state index in [1.54, 1.807) is 24.5 Å². The number of imidazole rings is 1. The third kappa shape index (κ3) is 3.78. The summed E-state index contributed by atoms with van der Waals surface area (Å²) in [7, 11) is 0. The number of nitrogens with one attached hydrogen (secondary N) is 1. The topological polar surface area (TPSA) is 58.9 Å². The highest BCUT2D eigenvalue weighted by molar-refractivity contribution is 5.95. The summed E-state index contributed by atoms with van der Waals surface area (Å²) in [5, 5.41) is 1.01. The highest BCUT2D eigenvalue weighted by Gasteiger charge is 2.18. The minimum absolute atomic E-state index is 0.270. The summed E-state index contributed by atoms with van der Waals surface area (Å²) in [5.41, 5.74) is 5.58. The van der Waals surface area contributed by atoms with Crippen LogP contribution in [0, 0.1) is 5.82 Å². The molecule has 0 spiro atoms. The highest BCUT2D eigenvalue weighted by Crippen LogP contribution is 2.35. The molecule has 5 nitrogen and oxygen atoms in total. The van der Waals surface area contributed by atoms with Gasteiger partial charge in [0.25, 0.3) is 0 Å². The monoisotopic (exact) mass is 385 g/mol. The maximum absolute atomic E-state index is 13.5. The number of halogens is 1. The molecule has 0 unspecified atom stereocenters. The van der Waals surface area contributed by atoms with Gasteiger partial charge in [-0.05, 0) is 56.1 Å². The van der Waals surface area contributed by atoms with Crippen LogP contribution in [0.25, 0.3) is 33.5 Å². The molecule has 6 heteroatoms. The van der Waals surface area contributed by atoms with Gasteiger partial charge in [0.2, 0.25) is 0 Å². The third-order valence-electron chi connectivity index (χ3n) is 4.66. The summed E-state index contributed by atoms with van der Waals surface area (Å²) < 4.78 is 15.6. The number of nitrogens with zero attached hydrogens (tertiary/aromatic N) is 4. The Morgan fingerprint density at radius 3 is 2.83 bits per heavy atom. The fraction of sp³-hybridized carbons (Fsp3) is 0.0870. The second kappa shape index (κ2) is 8.06. The van der Waals surface area contributed by atoms with Crippen molar-refractivity contribution in [1.82, 2.24) is 19.5 Å². The van der Waals surface area contributed by atoms with Gasteiger partial charge in [-0.1, -0.05) is 11.6 Å². The fourth-order valence-corrected chi connectivity index (χ4v) is 3.36. The predicted octanol–water partition coefficient (Wildman–Crippen LogP) is 5.39. The molecule has 3 heterocycles. The summed E-state index contributed by atoms with van der Waals surface area (Å²) in [5.74, 6) is -0.270. The molecule has 0 amide bonds. The van der Waals surface area contributed by atoms with Gasteiger partial charge in [-0.25, -0.2) is 14.4 Å². The Balaban J connectivity index is 1.87. The second-order valence-corrected chi connectivity index (χ2v) is 6.71. The van der Waals surface area contributed by atoms with Crippen LogP contribution < -0.4 is 0 Å². The summed E-state index contributed by atoms with van der Waals surface area (Å²) in [6.07, 6.45) is 11.0. The van der Waals surface area contributed by atoms with Crippen LogP contribution in [0.5, 0.6) is 0 Å². The first-order chi connectivity index (χ1) is 14.2. The van der Waals surface area contributed by atoms with E-state index in [1.807, 2.05) is 43.7 Å². The molecule has 0 bridgehead atoms. The zero-order valence-electron chi connectivity index (χ0n) is 16.0. The van der Waals surface area contributed by atoms with Crippen molar-refractivity contribution in [2.75, 3.05) is 0 Å². The van der Waals surface area contributed by atoms with Crippen LogP contribution in [0.15, 0.2) is 84.0 Å². The van der Waals surface area contributed by atoms with Gasteiger partial charge in [0.1, 0.15) is 11.5 Å². The number of aromatic amines is 1. The summed E-state index contributed by atoms with van der Waals surface area (Å²) in [6.45, 7) is 6.15. The summed E-state index contributed by atoms with van der Waals surface area (Å²) in [6, 6.07) is 10.4. The van der Waals surface area contributed by atoms with Crippen molar-refractivity contribution in [3.05, 3.63) is 84.9 Å². The van der Waals surface area contributed by atoms with Crippen LogP contribution in [0.3, 0.4) is 0 Å². The minimum Gasteiger partial charge on any atom is -0.346 e. The molecular weight excluding hydrogens is 365 g/mol. The molecule has 4 aromatic rings. The van der Waals surface area contributed by atoms with E-state index in [9.17, 15) is 4.39 Å². The number of fused-ring (bicyclic) bond motifs is 1. The molecule has 0 atom stereocenters. The van der Waals surface area contributed by atoms with E-state index in [1.165, 1.54) is 12.1 Å². The fourth-order valence-electron chi connectivity index (χ4n) is 3.36. The quantitative estimate of drug-likeness (QED) is 0.357. The van der Waals surface area contributed by atoms with E-state index in [-0.39, 0.29) is 5.82 Å². The SMILES string of the molecule is C=N/C=C\C=C(/C)Cn1cnc(-c2ccc(F)cc2)c1-c1ccnc2[nH]ccc12. The van der Waals surface area contributed by atoms with Crippen LogP contribution in [-0.4, -0.2) is 26.2 Å². The first kappa shape index (κ1) is 18.6. The molecule has 144 valence electrons. The van der Waals surface area contributed by atoms with Crippen LogP contribution in [0.4, 0.5) is 4.39 Å². The number of hydrogen-bond acceptors (Lipinski definition) is 3. The number of allylic oxidation sites excluding steroid dienone is 3. The van der Waals surface area contributed by atoms with Gasteiger partial charge in [0.15, 0.2) is 0 Å². The third-order valence-corrected chi connectivity index (χ3v) is 4.66. The smallest absolute Gasteiger partial charge is 0.137 e. The number of rotatable bonds is 6. The first-order valence-corrected chi connectivity index (χ1v) is 9.19. The Morgan fingerprint density at radius 2 is 2.03 bits per heavy atom. The first-order valence-electron chi connectivity index (χ1n) is 9.19. The molecular formula is C23H20FN5. The van der Waals surface area contributed by atoms with Gasteiger partial charge in [-0.2, -0.15) is 0 Å². The van der Waals surface area contributed by atoms with E-state index in [2.05, 4.69) is 31.2 Å². The highest BCUT2D eigenvalue weighted by atomic mass is 19.1. The van der Waals surface area contributed by atoms with E-state index in [0.717, 1.165) is 39.1 Å². The van der Waals surface area contributed by atoms with E-state index in [0.29, 0.717) is 6.54 Å². The van der Waals surface area contributed by atoms with E-state index in [4.69, 9.17) is 0 Å². The van der Waals surface area contributed by atoms with Gasteiger partial charge < -0.3 is 9.55 Å². The Kier molecular flexibility index (Phi) is 5.16. The molecule has 4 rings (SSSR count). The molecule has 0 fully saturated rings. The molecule has 3 aromatic heterocycles. The van der Waals surface area contributed by atoms with Crippen molar-refractivity contribution in [3.63, 3.8) is 0 Å². The molecule has 1 N–H and O–H groups in total. The zero-order valence-corrected chi connectivity index (χ0v) is 16.0. The number of aliphatic imine (C=N–C) groups is 1. The van der Waals surface area contributed by atoms with Crippen LogP contribution in [-0.2, 0) is 6.54 Å². The van der Waals surface area contributed by atoms with Crippen molar-refractivity contribution in [3.8, 4) is 22.5 Å². The van der Waals surface area contributed by atoms with Crippen molar-refractivity contribution in [2.24, 2.45) is 4.99 Å². The maximum Gasteiger partial charge on any atom is 0.137 e. The number of H-pyrrole nitrogens is 1. The van der Waals surface area contributed by atoms with Gasteiger partial charge in [0, 0.05) is 41.7 Å². The molecule has 0 aliphatic carbocycles. The van der Waals surface area contributed by atoms with Crippen molar-refractivity contribution in [2.45, 2.75) is 13.5 Å². The number of aromatic nitrogens is 4. The minimum atomic E-state index is -0.270. The van der Waals surface area contributed by atoms with Gasteiger partial charge >= 0.3 is 0 Å². The Morgan fingerprint density at radius 1 is 1.21 bits per heavy atom. The van der Waals surface area contributed by atoms with Gasteiger partial charge in [-0.3, -0.25) is 4.99 Å². The molecule has 0 saturated heterocycles. The number of benzene rings is 1. The van der Waals surface area contributed by atoms with Crippen LogP contribution in [0.2, 0.25) is 0 Å². The van der Waals surface area contributed by atoms with Crippen molar-refractivity contribution < 1.29 is 4.39 Å². The lowest BCUT2D eigenvalue weighted by Gasteiger charge is -2.12. The van der Waals surface area contributed by atoms with Crippen molar-refractivity contribution in [1.29, 1.82) is 0 Å². The Bertz CT molecular complexity index is 1210. The standard InChI is InChI=1S/C23H20FN5/c1-16(4-3-11-25-2)14-29-15-28-21(17-5-7-18(24)8-6-17)22(29)19-9-12-26-23-20(19)10-13-27-23/h3-13,15H,2,14H2,1H3,(H,26,27)/b11-3-,16-4+. The molecule has 0 saturated carbocycles. The lowest BCUT2D eigenvalue weighted by atomic mass is 10.0. The van der Waals surface area contributed by atoms with E-state index >= 15 is 0 Å². The average Bonchev–Trinajstić information content (AvgIpc) is 3.36. The summed E-state index contributed by atoms with van der Waals surface area (Å²) >= 11 is 0. The normalized spacial score (nSPS) is 12.1. The van der Waals surface area contributed by atoms with Gasteiger partial charge in [0.05, 0.1) is 17.7 Å². The number of hydrogen-bond donors (Lipinski definition) is 1. The molecule has 0 aliphatic heterocycles.